The summed E-state index contributed by atoms with van der Waals surface area (Å²) in [4.78, 5) is 28.6. The third-order valence-corrected chi connectivity index (χ3v) is 5.96. The van der Waals surface area contributed by atoms with Crippen LogP contribution < -0.4 is 15.8 Å². The number of Topliss-reactive ketones (excluding diaryl/α,β-unsaturated/α-hetero) is 1. The molecule has 6 nitrogen and oxygen atoms in total. The first-order chi connectivity index (χ1) is 14.0. The second-order valence-electron chi connectivity index (χ2n) is 7.60. The summed E-state index contributed by atoms with van der Waals surface area (Å²) >= 11 is 5.96. The lowest BCUT2D eigenvalue weighted by atomic mass is 10.0. The van der Waals surface area contributed by atoms with Crippen molar-refractivity contribution in [3.8, 4) is 0 Å². The number of hydrazine groups is 1. The first-order valence-electron chi connectivity index (χ1n) is 9.92. The van der Waals surface area contributed by atoms with Crippen LogP contribution in [0.25, 0.3) is 0 Å². The molecular weight excluding hydrogens is 388 g/mol. The lowest BCUT2D eigenvalue weighted by Gasteiger charge is -2.37. The number of nitrogens with zero attached hydrogens (tertiary/aromatic N) is 2. The second kappa shape index (κ2) is 8.53. The van der Waals surface area contributed by atoms with Gasteiger partial charge in [-0.25, -0.2) is 10.9 Å². The van der Waals surface area contributed by atoms with Gasteiger partial charge in [-0.05, 0) is 55.3 Å². The van der Waals surface area contributed by atoms with Crippen LogP contribution >= 0.6 is 11.6 Å². The van der Waals surface area contributed by atoms with Crippen molar-refractivity contribution in [2.75, 3.05) is 31.1 Å². The van der Waals surface area contributed by atoms with Gasteiger partial charge in [0.1, 0.15) is 6.04 Å². The van der Waals surface area contributed by atoms with Crippen molar-refractivity contribution < 1.29 is 9.59 Å². The number of hydrogen-bond acceptors (Lipinski definition) is 5. The Kier molecular flexibility index (Phi) is 5.85. The molecule has 2 fully saturated rings. The number of rotatable bonds is 4. The Morgan fingerprint density at radius 2 is 1.59 bits per heavy atom. The van der Waals surface area contributed by atoms with Gasteiger partial charge in [-0.2, -0.15) is 0 Å². The molecule has 2 aromatic carbocycles. The molecule has 152 valence electrons. The summed E-state index contributed by atoms with van der Waals surface area (Å²) in [5.74, 6) is 0.210. The van der Waals surface area contributed by atoms with Crippen LogP contribution in [0.1, 0.15) is 35.3 Å². The van der Waals surface area contributed by atoms with E-state index in [4.69, 9.17) is 11.6 Å². The SMILES string of the molecule is CC(=O)c1ccc(N2CCN(C(=O)C3CC(c4ccc(Cl)cc4)NN3)CC2)cc1. The van der Waals surface area contributed by atoms with Gasteiger partial charge in [-0.1, -0.05) is 23.7 Å². The Hall–Kier alpha value is -2.41. The average molecular weight is 413 g/mol. The number of nitrogens with one attached hydrogen (secondary N) is 2. The topological polar surface area (TPSA) is 64.7 Å². The molecule has 2 aliphatic rings. The molecule has 0 spiro atoms. The van der Waals surface area contributed by atoms with Gasteiger partial charge in [-0.15, -0.1) is 0 Å². The van der Waals surface area contributed by atoms with Crippen LogP contribution in [0.4, 0.5) is 5.69 Å². The molecule has 29 heavy (non-hydrogen) atoms. The number of carbonyl (C=O) groups is 2. The standard InChI is InChI=1S/C22H25ClN4O2/c1-15(28)16-4-8-19(9-5-16)26-10-12-27(13-11-26)22(29)21-14-20(24-25-21)17-2-6-18(23)7-3-17/h2-9,20-21,24-25H,10-14H2,1H3. The molecule has 2 N–H and O–H groups in total. The van der Waals surface area contributed by atoms with E-state index in [-0.39, 0.29) is 23.8 Å². The van der Waals surface area contributed by atoms with Crippen LogP contribution in [-0.2, 0) is 4.79 Å². The van der Waals surface area contributed by atoms with Crippen LogP contribution in [0.15, 0.2) is 48.5 Å². The quantitative estimate of drug-likeness (QED) is 0.756. The number of piperazine rings is 1. The maximum absolute atomic E-state index is 12.9. The number of hydrogen-bond donors (Lipinski definition) is 2. The minimum atomic E-state index is -0.225. The van der Waals surface area contributed by atoms with Crippen LogP contribution in [0.5, 0.6) is 0 Å². The number of benzene rings is 2. The summed E-state index contributed by atoms with van der Waals surface area (Å²) in [5.41, 5.74) is 9.32. The summed E-state index contributed by atoms with van der Waals surface area (Å²) in [5, 5.41) is 0.709. The van der Waals surface area contributed by atoms with Crippen LogP contribution in [0.3, 0.4) is 0 Å². The van der Waals surface area contributed by atoms with Gasteiger partial charge in [0.2, 0.25) is 5.91 Å². The lowest BCUT2D eigenvalue weighted by Crippen LogP contribution is -2.53. The molecular formula is C22H25ClN4O2. The van der Waals surface area contributed by atoms with Crippen molar-refractivity contribution >= 4 is 29.0 Å². The van der Waals surface area contributed by atoms with Gasteiger partial charge in [-0.3, -0.25) is 9.59 Å². The lowest BCUT2D eigenvalue weighted by molar-refractivity contribution is -0.133. The highest BCUT2D eigenvalue weighted by Crippen LogP contribution is 2.25. The Labute approximate surface area is 175 Å². The minimum absolute atomic E-state index is 0.0709. The van der Waals surface area contributed by atoms with Gasteiger partial charge >= 0.3 is 0 Å². The first-order valence-corrected chi connectivity index (χ1v) is 10.3. The molecule has 2 aliphatic heterocycles. The van der Waals surface area contributed by atoms with Gasteiger partial charge in [0, 0.05) is 48.5 Å². The molecule has 4 rings (SSSR count). The molecule has 2 saturated heterocycles. The van der Waals surface area contributed by atoms with Gasteiger partial charge < -0.3 is 9.80 Å². The van der Waals surface area contributed by atoms with Crippen molar-refractivity contribution in [2.45, 2.75) is 25.4 Å². The number of amides is 1. The van der Waals surface area contributed by atoms with Gasteiger partial charge in [0.05, 0.1) is 0 Å². The van der Waals surface area contributed by atoms with Crippen molar-refractivity contribution in [2.24, 2.45) is 0 Å². The number of halogens is 1. The van der Waals surface area contributed by atoms with E-state index in [0.29, 0.717) is 24.5 Å². The zero-order valence-electron chi connectivity index (χ0n) is 16.4. The van der Waals surface area contributed by atoms with Gasteiger partial charge in [0.25, 0.3) is 0 Å². The third-order valence-electron chi connectivity index (χ3n) is 5.70. The fourth-order valence-corrected chi connectivity index (χ4v) is 4.07. The molecule has 0 bridgehead atoms. The second-order valence-corrected chi connectivity index (χ2v) is 8.03. The molecule has 1 amide bonds. The minimum Gasteiger partial charge on any atom is -0.368 e. The average Bonchev–Trinajstić information content (AvgIpc) is 3.24. The third kappa shape index (κ3) is 4.45. The molecule has 2 heterocycles. The van der Waals surface area contributed by atoms with E-state index in [2.05, 4.69) is 15.8 Å². The molecule has 0 aromatic heterocycles. The maximum Gasteiger partial charge on any atom is 0.241 e. The zero-order chi connectivity index (χ0) is 20.4. The predicted molar refractivity (Wildman–Crippen MR) is 114 cm³/mol. The van der Waals surface area contributed by atoms with E-state index in [1.54, 1.807) is 6.92 Å². The summed E-state index contributed by atoms with van der Waals surface area (Å²) in [6.07, 6.45) is 0.715. The van der Waals surface area contributed by atoms with E-state index in [1.165, 1.54) is 0 Å². The fourth-order valence-electron chi connectivity index (χ4n) is 3.94. The van der Waals surface area contributed by atoms with Crippen molar-refractivity contribution in [1.29, 1.82) is 0 Å². The highest BCUT2D eigenvalue weighted by atomic mass is 35.5. The maximum atomic E-state index is 12.9. The Morgan fingerprint density at radius 3 is 2.21 bits per heavy atom. The van der Waals surface area contributed by atoms with Crippen LogP contribution in [0.2, 0.25) is 5.02 Å². The van der Waals surface area contributed by atoms with Gasteiger partial charge in [0.15, 0.2) is 5.78 Å². The molecule has 0 aliphatic carbocycles. The van der Waals surface area contributed by atoms with Crippen molar-refractivity contribution in [1.82, 2.24) is 15.8 Å². The molecule has 0 radical (unpaired) electrons. The Balaban J connectivity index is 1.31. The number of anilines is 1. The molecule has 0 saturated carbocycles. The summed E-state index contributed by atoms with van der Waals surface area (Å²) in [7, 11) is 0. The largest absolute Gasteiger partial charge is 0.368 e. The highest BCUT2D eigenvalue weighted by Gasteiger charge is 2.34. The van der Waals surface area contributed by atoms with Crippen LogP contribution in [0, 0.1) is 0 Å². The molecule has 2 aromatic rings. The van der Waals surface area contributed by atoms with E-state index in [1.807, 2.05) is 53.4 Å². The van der Waals surface area contributed by atoms with Crippen molar-refractivity contribution in [3.63, 3.8) is 0 Å². The highest BCUT2D eigenvalue weighted by molar-refractivity contribution is 6.30. The van der Waals surface area contributed by atoms with E-state index < -0.39 is 0 Å². The number of carbonyl (C=O) groups excluding carboxylic acids is 2. The smallest absolute Gasteiger partial charge is 0.241 e. The van der Waals surface area contributed by atoms with E-state index in [9.17, 15) is 9.59 Å². The number of ketones is 1. The fraction of sp³-hybridized carbons (Fsp3) is 0.364. The molecule has 2 unspecified atom stereocenters. The van der Waals surface area contributed by atoms with Crippen LogP contribution in [-0.4, -0.2) is 48.8 Å². The monoisotopic (exact) mass is 412 g/mol. The Morgan fingerprint density at radius 1 is 0.931 bits per heavy atom. The van der Waals surface area contributed by atoms with E-state index in [0.717, 1.165) is 29.9 Å². The zero-order valence-corrected chi connectivity index (χ0v) is 17.2. The van der Waals surface area contributed by atoms with E-state index >= 15 is 0 Å². The normalized spacial score (nSPS) is 22.0. The first kappa shape index (κ1) is 19.9. The summed E-state index contributed by atoms with van der Waals surface area (Å²) in [6.45, 7) is 4.52. The molecule has 7 heteroatoms. The predicted octanol–water partition coefficient (Wildman–Crippen LogP) is 2.80. The summed E-state index contributed by atoms with van der Waals surface area (Å²) < 4.78 is 0. The summed E-state index contributed by atoms with van der Waals surface area (Å²) in [6, 6.07) is 15.3. The van der Waals surface area contributed by atoms with Crippen molar-refractivity contribution in [3.05, 3.63) is 64.7 Å². The Bertz CT molecular complexity index is 877. The molecule has 2 atom stereocenters.